The van der Waals surface area contributed by atoms with E-state index in [1.807, 2.05) is 13.0 Å². The van der Waals surface area contributed by atoms with Crippen LogP contribution in [0.5, 0.6) is 0 Å². The topological polar surface area (TPSA) is 72.6 Å². The highest BCUT2D eigenvalue weighted by atomic mass is 16.6. The molecule has 0 atom stereocenters. The van der Waals surface area contributed by atoms with Crippen molar-refractivity contribution in [1.82, 2.24) is 4.90 Å². The van der Waals surface area contributed by atoms with Crippen molar-refractivity contribution in [2.75, 3.05) is 13.1 Å². The van der Waals surface area contributed by atoms with Crippen molar-refractivity contribution in [3.05, 3.63) is 11.6 Å². The van der Waals surface area contributed by atoms with E-state index in [1.165, 1.54) is 10.5 Å². The minimum atomic E-state index is -1.06. The highest BCUT2D eigenvalue weighted by molar-refractivity contribution is 5.82. The molecule has 0 aromatic rings. The largest absolute Gasteiger partial charge is 0.419 e. The Morgan fingerprint density at radius 3 is 2.77 bits per heavy atom. The zero-order chi connectivity index (χ0) is 9.84. The Labute approximate surface area is 76.1 Å². The van der Waals surface area contributed by atoms with Gasteiger partial charge in [0.15, 0.2) is 0 Å². The van der Waals surface area contributed by atoms with E-state index in [4.69, 9.17) is 5.73 Å². The van der Waals surface area contributed by atoms with E-state index in [9.17, 15) is 9.59 Å². The van der Waals surface area contributed by atoms with Gasteiger partial charge < -0.3 is 15.4 Å². The van der Waals surface area contributed by atoms with Crippen molar-refractivity contribution in [2.45, 2.75) is 13.3 Å². The fraction of sp³-hybridized carbons (Fsp3) is 0.500. The summed E-state index contributed by atoms with van der Waals surface area (Å²) in [5.74, 6) is 0. The van der Waals surface area contributed by atoms with Gasteiger partial charge in [-0.2, -0.15) is 0 Å². The van der Waals surface area contributed by atoms with Crippen LogP contribution in [-0.4, -0.2) is 30.2 Å². The van der Waals surface area contributed by atoms with E-state index in [0.717, 1.165) is 6.42 Å². The van der Waals surface area contributed by atoms with Gasteiger partial charge in [0.2, 0.25) is 0 Å². The number of nitrogens with zero attached hydrogens (tertiary/aromatic N) is 1. The third-order valence-corrected chi connectivity index (χ3v) is 1.88. The Morgan fingerprint density at radius 2 is 2.31 bits per heavy atom. The summed E-state index contributed by atoms with van der Waals surface area (Å²) in [5.41, 5.74) is 5.94. The van der Waals surface area contributed by atoms with Crippen LogP contribution in [0.3, 0.4) is 0 Å². The fourth-order valence-corrected chi connectivity index (χ4v) is 1.09. The normalized spacial score (nSPS) is 16.4. The van der Waals surface area contributed by atoms with Crippen LogP contribution in [0.2, 0.25) is 0 Å². The van der Waals surface area contributed by atoms with Crippen LogP contribution in [0.25, 0.3) is 0 Å². The SMILES string of the molecule is CC1=CCN(C(=O)OC(N)=O)CC1. The van der Waals surface area contributed by atoms with Crippen LogP contribution in [0.15, 0.2) is 11.6 Å². The zero-order valence-electron chi connectivity index (χ0n) is 7.45. The summed E-state index contributed by atoms with van der Waals surface area (Å²) in [5, 5.41) is 0. The van der Waals surface area contributed by atoms with Crippen LogP contribution >= 0.6 is 0 Å². The number of carbonyl (C=O) groups excluding carboxylic acids is 2. The van der Waals surface area contributed by atoms with E-state index < -0.39 is 12.2 Å². The quantitative estimate of drug-likeness (QED) is 0.448. The first-order valence-corrected chi connectivity index (χ1v) is 4.01. The second-order valence-electron chi connectivity index (χ2n) is 2.93. The molecule has 5 heteroatoms. The number of hydrogen-bond acceptors (Lipinski definition) is 3. The van der Waals surface area contributed by atoms with Gasteiger partial charge in [-0.05, 0) is 13.3 Å². The van der Waals surface area contributed by atoms with Gasteiger partial charge in [-0.1, -0.05) is 11.6 Å². The van der Waals surface area contributed by atoms with Crippen molar-refractivity contribution in [3.63, 3.8) is 0 Å². The van der Waals surface area contributed by atoms with Crippen LogP contribution in [0.1, 0.15) is 13.3 Å². The molecular formula is C8H12N2O3. The van der Waals surface area contributed by atoms with Crippen molar-refractivity contribution in [2.24, 2.45) is 5.73 Å². The molecule has 1 aliphatic rings. The standard InChI is InChI=1S/C8H12N2O3/c1-6-2-4-10(5-3-6)8(12)13-7(9)11/h2H,3-5H2,1H3,(H2,9,11). The molecule has 0 radical (unpaired) electrons. The summed E-state index contributed by atoms with van der Waals surface area (Å²) in [4.78, 5) is 22.8. The molecule has 0 aromatic heterocycles. The molecule has 0 bridgehead atoms. The van der Waals surface area contributed by atoms with Crippen molar-refractivity contribution < 1.29 is 14.3 Å². The van der Waals surface area contributed by atoms with E-state index in [2.05, 4.69) is 4.74 Å². The first kappa shape index (κ1) is 9.57. The highest BCUT2D eigenvalue weighted by Gasteiger charge is 2.18. The lowest BCUT2D eigenvalue weighted by Gasteiger charge is -2.23. The third-order valence-electron chi connectivity index (χ3n) is 1.88. The van der Waals surface area contributed by atoms with Gasteiger partial charge in [0.25, 0.3) is 0 Å². The Morgan fingerprint density at radius 1 is 1.62 bits per heavy atom. The lowest BCUT2D eigenvalue weighted by molar-refractivity contribution is 0.125. The Kier molecular flexibility index (Phi) is 2.89. The number of amides is 2. The molecule has 0 unspecified atom stereocenters. The van der Waals surface area contributed by atoms with E-state index in [0.29, 0.717) is 13.1 Å². The van der Waals surface area contributed by atoms with Crippen LogP contribution in [0.4, 0.5) is 9.59 Å². The second-order valence-corrected chi connectivity index (χ2v) is 2.93. The van der Waals surface area contributed by atoms with E-state index >= 15 is 0 Å². The average Bonchev–Trinajstić information content (AvgIpc) is 2.04. The zero-order valence-corrected chi connectivity index (χ0v) is 7.45. The minimum absolute atomic E-state index is 0.484. The first-order valence-electron chi connectivity index (χ1n) is 4.01. The summed E-state index contributed by atoms with van der Waals surface area (Å²) in [6.07, 6.45) is 1.01. The van der Waals surface area contributed by atoms with Crippen molar-refractivity contribution >= 4 is 12.2 Å². The summed E-state index contributed by atoms with van der Waals surface area (Å²) in [6.45, 7) is 3.06. The summed E-state index contributed by atoms with van der Waals surface area (Å²) in [7, 11) is 0. The molecule has 1 aliphatic heterocycles. The van der Waals surface area contributed by atoms with Gasteiger partial charge in [-0.15, -0.1) is 0 Å². The maximum absolute atomic E-state index is 11.1. The molecule has 72 valence electrons. The molecule has 0 aliphatic carbocycles. The predicted molar refractivity (Wildman–Crippen MR) is 46.0 cm³/mol. The molecular weight excluding hydrogens is 172 g/mol. The molecule has 1 heterocycles. The van der Waals surface area contributed by atoms with E-state index in [1.54, 1.807) is 0 Å². The number of carbonyl (C=O) groups is 2. The van der Waals surface area contributed by atoms with Gasteiger partial charge in [-0.25, -0.2) is 9.59 Å². The minimum Gasteiger partial charge on any atom is -0.359 e. The highest BCUT2D eigenvalue weighted by Crippen LogP contribution is 2.10. The number of rotatable bonds is 0. The summed E-state index contributed by atoms with van der Waals surface area (Å²) < 4.78 is 4.22. The fourth-order valence-electron chi connectivity index (χ4n) is 1.09. The molecule has 1 rings (SSSR count). The van der Waals surface area contributed by atoms with Gasteiger partial charge >= 0.3 is 12.2 Å². The first-order chi connectivity index (χ1) is 6.09. The number of hydrogen-bond donors (Lipinski definition) is 1. The van der Waals surface area contributed by atoms with Crippen LogP contribution in [-0.2, 0) is 4.74 Å². The van der Waals surface area contributed by atoms with E-state index in [-0.39, 0.29) is 0 Å². The van der Waals surface area contributed by atoms with Gasteiger partial charge in [0.1, 0.15) is 0 Å². The average molecular weight is 184 g/mol. The lowest BCUT2D eigenvalue weighted by Crippen LogP contribution is -2.37. The molecule has 5 nitrogen and oxygen atoms in total. The molecule has 0 spiro atoms. The second kappa shape index (κ2) is 3.93. The molecule has 2 amide bonds. The number of primary amides is 1. The maximum atomic E-state index is 11.1. The van der Waals surface area contributed by atoms with Crippen LogP contribution in [0, 0.1) is 0 Å². The Bertz CT molecular complexity index is 260. The molecule has 2 N–H and O–H groups in total. The van der Waals surface area contributed by atoms with Gasteiger partial charge in [-0.3, -0.25) is 0 Å². The maximum Gasteiger partial charge on any atom is 0.419 e. The Balaban J connectivity index is 2.46. The smallest absolute Gasteiger partial charge is 0.359 e. The predicted octanol–water partition coefficient (Wildman–Crippen LogP) is 0.854. The van der Waals surface area contributed by atoms with Crippen molar-refractivity contribution in [3.8, 4) is 0 Å². The number of ether oxygens (including phenoxy) is 1. The van der Waals surface area contributed by atoms with Crippen LogP contribution < -0.4 is 5.73 Å². The molecule has 0 fully saturated rings. The molecule has 13 heavy (non-hydrogen) atoms. The molecule has 0 aromatic carbocycles. The summed E-state index contributed by atoms with van der Waals surface area (Å²) >= 11 is 0. The molecule has 0 saturated heterocycles. The van der Waals surface area contributed by atoms with Gasteiger partial charge in [0, 0.05) is 13.1 Å². The third kappa shape index (κ3) is 2.77. The Hall–Kier alpha value is -1.52. The van der Waals surface area contributed by atoms with Gasteiger partial charge in [0.05, 0.1) is 0 Å². The monoisotopic (exact) mass is 184 g/mol. The summed E-state index contributed by atoms with van der Waals surface area (Å²) in [6, 6.07) is 0. The van der Waals surface area contributed by atoms with Crippen molar-refractivity contribution in [1.29, 1.82) is 0 Å². The number of nitrogens with two attached hydrogens (primary N) is 1. The molecule has 0 saturated carbocycles. The lowest BCUT2D eigenvalue weighted by atomic mass is 10.1.